The number of hydrogen-bond acceptors (Lipinski definition) is 8. The fourth-order valence-electron chi connectivity index (χ4n) is 6.34. The van der Waals surface area contributed by atoms with Crippen LogP contribution in [0.25, 0.3) is 28.3 Å². The molecule has 1 unspecified atom stereocenters. The molecule has 2 aromatic carbocycles. The molecule has 0 bridgehead atoms. The van der Waals surface area contributed by atoms with E-state index in [4.69, 9.17) is 14.8 Å². The standard InChI is InChI=1S/C34H42N8O3/c1-6-9-30-29(20-23-12-14-24(15-13-23)27-10-7-8-11-28(27)31-36-39-40-37-31)32(43)41(33-35-22(3)38-42(30)33)25-16-18-26(19-17-25)45-21(2)34(4,5)44/h7-8,10-15,21,25-26,44H,6,9,16-20H2,1-5H3,(H,36,37,39,40). The SMILES string of the molecule is CCCc1c(Cc2ccc(-c3ccccc3-c3nnn[nH]3)cc2)c(=O)n(C2CCC(OC(C)C(C)(C)O)CC2)c2nc(C)nn12. The summed E-state index contributed by atoms with van der Waals surface area (Å²) < 4.78 is 10.00. The van der Waals surface area contributed by atoms with E-state index in [1.165, 1.54) is 0 Å². The summed E-state index contributed by atoms with van der Waals surface area (Å²) in [6.45, 7) is 9.46. The third-order valence-corrected chi connectivity index (χ3v) is 9.05. The third-order valence-electron chi connectivity index (χ3n) is 9.05. The summed E-state index contributed by atoms with van der Waals surface area (Å²) in [5, 5.41) is 29.6. The van der Waals surface area contributed by atoms with Crippen molar-refractivity contribution in [3.63, 3.8) is 0 Å². The van der Waals surface area contributed by atoms with E-state index in [1.807, 2.05) is 41.1 Å². The molecule has 0 spiro atoms. The van der Waals surface area contributed by atoms with E-state index >= 15 is 0 Å². The molecule has 236 valence electrons. The number of H-pyrrole nitrogens is 1. The van der Waals surface area contributed by atoms with Crippen LogP contribution in [0.2, 0.25) is 0 Å². The minimum Gasteiger partial charge on any atom is -0.388 e. The summed E-state index contributed by atoms with van der Waals surface area (Å²) in [4.78, 5) is 19.2. The molecule has 1 atom stereocenters. The summed E-state index contributed by atoms with van der Waals surface area (Å²) >= 11 is 0. The van der Waals surface area contributed by atoms with E-state index in [-0.39, 0.29) is 23.8 Å². The van der Waals surface area contributed by atoms with Crippen LogP contribution in [-0.2, 0) is 17.6 Å². The molecule has 45 heavy (non-hydrogen) atoms. The summed E-state index contributed by atoms with van der Waals surface area (Å²) in [6, 6.07) is 16.4. The van der Waals surface area contributed by atoms with E-state index in [0.717, 1.165) is 72.0 Å². The van der Waals surface area contributed by atoms with Crippen LogP contribution in [0.5, 0.6) is 0 Å². The van der Waals surface area contributed by atoms with Crippen LogP contribution in [0.3, 0.4) is 0 Å². The highest BCUT2D eigenvalue weighted by Gasteiger charge is 2.32. The van der Waals surface area contributed by atoms with Crippen molar-refractivity contribution in [2.24, 2.45) is 0 Å². The minimum absolute atomic E-state index is 0.000206. The monoisotopic (exact) mass is 610 g/mol. The Labute approximate surface area is 262 Å². The molecule has 11 nitrogen and oxygen atoms in total. The van der Waals surface area contributed by atoms with Crippen LogP contribution in [0.1, 0.15) is 88.5 Å². The van der Waals surface area contributed by atoms with Crippen LogP contribution in [0.4, 0.5) is 0 Å². The zero-order valence-electron chi connectivity index (χ0n) is 26.7. The Morgan fingerprint density at radius 3 is 2.42 bits per heavy atom. The van der Waals surface area contributed by atoms with Gasteiger partial charge < -0.3 is 9.84 Å². The fourth-order valence-corrected chi connectivity index (χ4v) is 6.34. The number of hydrogen-bond donors (Lipinski definition) is 2. The predicted molar refractivity (Wildman–Crippen MR) is 172 cm³/mol. The number of ether oxygens (including phenoxy) is 1. The lowest BCUT2D eigenvalue weighted by molar-refractivity contribution is -0.118. The van der Waals surface area contributed by atoms with Crippen LogP contribution >= 0.6 is 0 Å². The first-order valence-corrected chi connectivity index (χ1v) is 15.9. The average Bonchev–Trinajstić information content (AvgIpc) is 3.70. The fraction of sp³-hybridized carbons (Fsp3) is 0.471. The van der Waals surface area contributed by atoms with Crippen molar-refractivity contribution in [3.05, 3.63) is 81.5 Å². The molecule has 6 rings (SSSR count). The molecule has 3 heterocycles. The lowest BCUT2D eigenvalue weighted by Crippen LogP contribution is -2.40. The molecule has 1 fully saturated rings. The van der Waals surface area contributed by atoms with Crippen molar-refractivity contribution in [2.75, 3.05) is 0 Å². The number of aromatic amines is 1. The maximum Gasteiger partial charge on any atom is 0.259 e. The zero-order valence-corrected chi connectivity index (χ0v) is 26.7. The van der Waals surface area contributed by atoms with Gasteiger partial charge in [-0.25, -0.2) is 9.61 Å². The van der Waals surface area contributed by atoms with Gasteiger partial charge in [0, 0.05) is 23.6 Å². The summed E-state index contributed by atoms with van der Waals surface area (Å²) in [7, 11) is 0. The zero-order chi connectivity index (χ0) is 31.7. The Morgan fingerprint density at radius 1 is 1.07 bits per heavy atom. The first-order valence-electron chi connectivity index (χ1n) is 15.9. The highest BCUT2D eigenvalue weighted by atomic mass is 16.5. The van der Waals surface area contributed by atoms with Gasteiger partial charge in [-0.15, -0.1) is 5.10 Å². The number of benzene rings is 2. The van der Waals surface area contributed by atoms with E-state index in [2.05, 4.69) is 57.9 Å². The quantitative estimate of drug-likeness (QED) is 0.219. The second-order valence-electron chi connectivity index (χ2n) is 12.8. The normalized spacial score (nSPS) is 18.0. The van der Waals surface area contributed by atoms with Gasteiger partial charge in [-0.3, -0.25) is 9.36 Å². The molecule has 1 aliphatic rings. The number of rotatable bonds is 10. The van der Waals surface area contributed by atoms with E-state index in [0.29, 0.717) is 23.8 Å². The Hall–Kier alpha value is -4.22. The van der Waals surface area contributed by atoms with Gasteiger partial charge in [0.05, 0.1) is 23.5 Å². The Kier molecular flexibility index (Phi) is 8.65. The Bertz CT molecular complexity index is 1810. The van der Waals surface area contributed by atoms with Gasteiger partial charge in [-0.1, -0.05) is 61.9 Å². The van der Waals surface area contributed by atoms with Gasteiger partial charge in [0.1, 0.15) is 5.82 Å². The molecular weight excluding hydrogens is 568 g/mol. The summed E-state index contributed by atoms with van der Waals surface area (Å²) in [6.07, 6.45) is 5.13. The van der Waals surface area contributed by atoms with Crippen molar-refractivity contribution in [1.82, 2.24) is 39.8 Å². The number of aliphatic hydroxyl groups is 1. The number of tetrazole rings is 1. The second-order valence-corrected chi connectivity index (χ2v) is 12.8. The van der Waals surface area contributed by atoms with Crippen molar-refractivity contribution in [1.29, 1.82) is 0 Å². The first kappa shape index (κ1) is 30.8. The van der Waals surface area contributed by atoms with Crippen molar-refractivity contribution in [3.8, 4) is 22.5 Å². The van der Waals surface area contributed by atoms with Gasteiger partial charge in [-0.05, 0) is 86.9 Å². The lowest BCUT2D eigenvalue weighted by Gasteiger charge is -2.35. The van der Waals surface area contributed by atoms with Gasteiger partial charge in [-0.2, -0.15) is 10.1 Å². The number of aromatic nitrogens is 8. The van der Waals surface area contributed by atoms with E-state index in [1.54, 1.807) is 13.8 Å². The topological polar surface area (TPSA) is 136 Å². The smallest absolute Gasteiger partial charge is 0.259 e. The van der Waals surface area contributed by atoms with Crippen LogP contribution in [0, 0.1) is 6.92 Å². The van der Waals surface area contributed by atoms with Crippen molar-refractivity contribution < 1.29 is 9.84 Å². The molecule has 0 aliphatic heterocycles. The Balaban J connectivity index is 1.32. The second kappa shape index (κ2) is 12.6. The molecule has 0 radical (unpaired) electrons. The maximum absolute atomic E-state index is 14.4. The Morgan fingerprint density at radius 2 is 1.78 bits per heavy atom. The average molecular weight is 611 g/mol. The molecular formula is C34H42N8O3. The number of fused-ring (bicyclic) bond motifs is 1. The van der Waals surface area contributed by atoms with Gasteiger partial charge in [0.2, 0.25) is 5.78 Å². The van der Waals surface area contributed by atoms with Gasteiger partial charge >= 0.3 is 0 Å². The third kappa shape index (κ3) is 6.32. The molecule has 1 saturated carbocycles. The van der Waals surface area contributed by atoms with E-state index < -0.39 is 5.60 Å². The number of nitrogens with one attached hydrogen (secondary N) is 1. The lowest BCUT2D eigenvalue weighted by atomic mass is 9.91. The molecule has 5 aromatic rings. The predicted octanol–water partition coefficient (Wildman–Crippen LogP) is 5.25. The first-order chi connectivity index (χ1) is 21.6. The highest BCUT2D eigenvalue weighted by Crippen LogP contribution is 2.33. The molecule has 2 N–H and O–H groups in total. The van der Waals surface area contributed by atoms with Crippen LogP contribution in [-0.4, -0.2) is 62.7 Å². The van der Waals surface area contributed by atoms with Gasteiger partial charge in [0.25, 0.3) is 5.56 Å². The largest absolute Gasteiger partial charge is 0.388 e. The maximum atomic E-state index is 14.4. The molecule has 0 amide bonds. The molecule has 0 saturated heterocycles. The van der Waals surface area contributed by atoms with Gasteiger partial charge in [0.15, 0.2) is 5.82 Å². The molecule has 3 aromatic heterocycles. The molecule has 1 aliphatic carbocycles. The van der Waals surface area contributed by atoms with E-state index in [9.17, 15) is 9.90 Å². The molecule has 11 heteroatoms. The van der Waals surface area contributed by atoms with Crippen LogP contribution < -0.4 is 5.56 Å². The van der Waals surface area contributed by atoms with Crippen molar-refractivity contribution >= 4 is 5.78 Å². The summed E-state index contributed by atoms with van der Waals surface area (Å²) in [5.41, 5.74) is 4.84. The van der Waals surface area contributed by atoms with Crippen LogP contribution in [0.15, 0.2) is 53.3 Å². The minimum atomic E-state index is -0.904. The van der Waals surface area contributed by atoms with Crippen molar-refractivity contribution in [2.45, 2.75) is 103 Å². The number of nitrogens with zero attached hydrogens (tertiary/aromatic N) is 7. The summed E-state index contributed by atoms with van der Waals surface area (Å²) in [5.74, 6) is 1.88. The number of aryl methyl sites for hydroxylation is 2. The highest BCUT2D eigenvalue weighted by molar-refractivity contribution is 5.80.